The highest BCUT2D eigenvalue weighted by molar-refractivity contribution is 6.00. The molecule has 2 aromatic carbocycles. The molecule has 3 aromatic rings. The number of hydrogen-bond donors (Lipinski definition) is 1. The fourth-order valence-corrected chi connectivity index (χ4v) is 4.60. The molecule has 2 heterocycles. The number of rotatable bonds is 4. The molecule has 158 valence electrons. The molecule has 1 aliphatic heterocycles. The Kier molecular flexibility index (Phi) is 4.65. The van der Waals surface area contributed by atoms with Gasteiger partial charge in [-0.1, -0.05) is 62.4 Å². The number of fused-ring (bicyclic) bond motifs is 1. The molecular formula is C25H26N4O2. The van der Waals surface area contributed by atoms with E-state index in [1.54, 1.807) is 0 Å². The Labute approximate surface area is 182 Å². The molecule has 1 atom stereocenters. The quantitative estimate of drug-likeness (QED) is 0.650. The third-order valence-corrected chi connectivity index (χ3v) is 5.88. The Morgan fingerprint density at radius 2 is 1.84 bits per heavy atom. The van der Waals surface area contributed by atoms with Gasteiger partial charge in [0, 0.05) is 28.8 Å². The lowest BCUT2D eigenvalue weighted by Gasteiger charge is -2.38. The SMILES string of the molecule is CCOc1ccccc1C1C2=C(CC(C)(C)CC2=O)Nc2nc(-c3ccccc3)nn21. The number of ketones is 1. The van der Waals surface area contributed by atoms with Gasteiger partial charge in [-0.3, -0.25) is 4.79 Å². The van der Waals surface area contributed by atoms with Crippen molar-refractivity contribution in [2.45, 2.75) is 39.7 Å². The lowest BCUT2D eigenvalue weighted by atomic mass is 9.73. The van der Waals surface area contributed by atoms with E-state index in [1.165, 1.54) is 0 Å². The summed E-state index contributed by atoms with van der Waals surface area (Å²) in [5.41, 5.74) is 3.47. The summed E-state index contributed by atoms with van der Waals surface area (Å²) in [5, 5.41) is 8.28. The van der Waals surface area contributed by atoms with E-state index in [2.05, 4.69) is 19.2 Å². The lowest BCUT2D eigenvalue weighted by Crippen LogP contribution is -2.36. The molecule has 0 bridgehead atoms. The van der Waals surface area contributed by atoms with Crippen LogP contribution in [0, 0.1) is 5.41 Å². The van der Waals surface area contributed by atoms with Gasteiger partial charge in [0.2, 0.25) is 5.95 Å². The Hall–Kier alpha value is -3.41. The molecule has 2 aliphatic rings. The van der Waals surface area contributed by atoms with Gasteiger partial charge in [0.15, 0.2) is 11.6 Å². The fraction of sp³-hybridized carbons (Fsp3) is 0.320. The number of benzene rings is 2. The molecule has 0 amide bonds. The van der Waals surface area contributed by atoms with Crippen LogP contribution in [0.25, 0.3) is 11.4 Å². The first kappa shape index (κ1) is 19.5. The molecule has 0 fully saturated rings. The lowest BCUT2D eigenvalue weighted by molar-refractivity contribution is -0.118. The van der Waals surface area contributed by atoms with Crippen LogP contribution in [0.3, 0.4) is 0 Å². The summed E-state index contributed by atoms with van der Waals surface area (Å²) in [5.74, 6) is 2.20. The van der Waals surface area contributed by atoms with Crippen molar-refractivity contribution in [2.24, 2.45) is 5.41 Å². The van der Waals surface area contributed by atoms with E-state index >= 15 is 0 Å². The van der Waals surface area contributed by atoms with Crippen molar-refractivity contribution in [3.8, 4) is 17.1 Å². The second-order valence-electron chi connectivity index (χ2n) is 8.90. The number of ether oxygens (including phenoxy) is 1. The number of Topliss-reactive ketones (excluding diaryl/α,β-unsaturated/α-hetero) is 1. The molecular weight excluding hydrogens is 388 g/mol. The largest absolute Gasteiger partial charge is 0.494 e. The summed E-state index contributed by atoms with van der Waals surface area (Å²) in [6.45, 7) is 6.78. The van der Waals surface area contributed by atoms with E-state index in [9.17, 15) is 4.79 Å². The van der Waals surface area contributed by atoms with E-state index in [4.69, 9.17) is 14.8 Å². The van der Waals surface area contributed by atoms with Crippen LogP contribution >= 0.6 is 0 Å². The van der Waals surface area contributed by atoms with Gasteiger partial charge in [0.05, 0.1) is 6.61 Å². The van der Waals surface area contributed by atoms with E-state index in [0.717, 1.165) is 34.6 Å². The van der Waals surface area contributed by atoms with Crippen molar-refractivity contribution < 1.29 is 9.53 Å². The predicted molar refractivity (Wildman–Crippen MR) is 120 cm³/mol. The van der Waals surface area contributed by atoms with Crippen LogP contribution in [-0.2, 0) is 4.79 Å². The highest BCUT2D eigenvalue weighted by Gasteiger charge is 2.42. The minimum absolute atomic E-state index is 0.0998. The van der Waals surface area contributed by atoms with Gasteiger partial charge < -0.3 is 10.1 Å². The van der Waals surface area contributed by atoms with Gasteiger partial charge in [-0.25, -0.2) is 4.68 Å². The second kappa shape index (κ2) is 7.38. The first-order chi connectivity index (χ1) is 15.0. The summed E-state index contributed by atoms with van der Waals surface area (Å²) in [7, 11) is 0. The number of hydrogen-bond acceptors (Lipinski definition) is 5. The molecule has 6 heteroatoms. The molecule has 0 saturated carbocycles. The smallest absolute Gasteiger partial charge is 0.226 e. The van der Waals surface area contributed by atoms with Crippen molar-refractivity contribution in [1.29, 1.82) is 0 Å². The van der Waals surface area contributed by atoms with Crippen LogP contribution in [-0.4, -0.2) is 27.2 Å². The maximum atomic E-state index is 13.4. The summed E-state index contributed by atoms with van der Waals surface area (Å²) < 4.78 is 7.78. The third-order valence-electron chi connectivity index (χ3n) is 5.88. The zero-order valence-corrected chi connectivity index (χ0v) is 18.1. The zero-order valence-electron chi connectivity index (χ0n) is 18.1. The van der Waals surface area contributed by atoms with E-state index in [0.29, 0.717) is 24.8 Å². The van der Waals surface area contributed by atoms with Crippen LogP contribution in [0.15, 0.2) is 65.9 Å². The van der Waals surface area contributed by atoms with Crippen molar-refractivity contribution in [3.63, 3.8) is 0 Å². The van der Waals surface area contributed by atoms with Gasteiger partial charge in [-0.05, 0) is 24.8 Å². The second-order valence-corrected chi connectivity index (χ2v) is 8.90. The Morgan fingerprint density at radius 3 is 2.61 bits per heavy atom. The highest BCUT2D eigenvalue weighted by Crippen LogP contribution is 2.47. The Morgan fingerprint density at radius 1 is 1.10 bits per heavy atom. The average molecular weight is 415 g/mol. The minimum atomic E-state index is -0.373. The normalized spacial score (nSPS) is 19.5. The standard InChI is InChI=1S/C25H26N4O2/c1-4-31-20-13-9-8-12-17(20)22-21-18(14-25(2,3)15-19(21)30)26-24-27-23(28-29(22)24)16-10-6-5-7-11-16/h5-13,22H,4,14-15H2,1-3H3,(H,26,27,28). The molecule has 6 nitrogen and oxygen atoms in total. The van der Waals surface area contributed by atoms with E-state index in [1.807, 2.05) is 66.2 Å². The summed E-state index contributed by atoms with van der Waals surface area (Å²) >= 11 is 0. The molecule has 0 saturated heterocycles. The Balaban J connectivity index is 1.71. The van der Waals surface area contributed by atoms with Gasteiger partial charge in [0.1, 0.15) is 11.8 Å². The highest BCUT2D eigenvalue weighted by atomic mass is 16.5. The number of carbonyl (C=O) groups is 1. The zero-order chi connectivity index (χ0) is 21.6. The summed E-state index contributed by atoms with van der Waals surface area (Å²) in [6, 6.07) is 17.4. The van der Waals surface area contributed by atoms with Crippen LogP contribution in [0.5, 0.6) is 5.75 Å². The van der Waals surface area contributed by atoms with Crippen molar-refractivity contribution in [3.05, 3.63) is 71.4 Å². The molecule has 1 aromatic heterocycles. The molecule has 0 spiro atoms. The minimum Gasteiger partial charge on any atom is -0.494 e. The predicted octanol–water partition coefficient (Wildman–Crippen LogP) is 5.00. The molecule has 31 heavy (non-hydrogen) atoms. The summed E-state index contributed by atoms with van der Waals surface area (Å²) in [6.07, 6.45) is 1.30. The van der Waals surface area contributed by atoms with Crippen LogP contribution < -0.4 is 10.1 Å². The molecule has 1 N–H and O–H groups in total. The topological polar surface area (TPSA) is 69.0 Å². The average Bonchev–Trinajstić information content (AvgIpc) is 3.16. The monoisotopic (exact) mass is 414 g/mol. The van der Waals surface area contributed by atoms with Gasteiger partial charge >= 0.3 is 0 Å². The fourth-order valence-electron chi connectivity index (χ4n) is 4.60. The van der Waals surface area contributed by atoms with E-state index < -0.39 is 0 Å². The van der Waals surface area contributed by atoms with Crippen molar-refractivity contribution in [2.75, 3.05) is 11.9 Å². The molecule has 1 aliphatic carbocycles. The van der Waals surface area contributed by atoms with Crippen LogP contribution in [0.1, 0.15) is 45.2 Å². The first-order valence-electron chi connectivity index (χ1n) is 10.7. The van der Waals surface area contributed by atoms with Crippen LogP contribution in [0.4, 0.5) is 5.95 Å². The number of anilines is 1. The number of allylic oxidation sites excluding steroid dienone is 2. The Bertz CT molecular complexity index is 1180. The first-order valence-corrected chi connectivity index (χ1v) is 10.7. The van der Waals surface area contributed by atoms with Gasteiger partial charge in [-0.15, -0.1) is 5.10 Å². The van der Waals surface area contributed by atoms with Gasteiger partial charge in [-0.2, -0.15) is 4.98 Å². The molecule has 0 radical (unpaired) electrons. The van der Waals surface area contributed by atoms with Crippen LogP contribution in [0.2, 0.25) is 0 Å². The number of nitrogens with zero attached hydrogens (tertiary/aromatic N) is 3. The maximum absolute atomic E-state index is 13.4. The maximum Gasteiger partial charge on any atom is 0.226 e. The summed E-state index contributed by atoms with van der Waals surface area (Å²) in [4.78, 5) is 18.2. The molecule has 1 unspecified atom stereocenters. The molecule has 5 rings (SSSR count). The van der Waals surface area contributed by atoms with Crippen molar-refractivity contribution >= 4 is 11.7 Å². The van der Waals surface area contributed by atoms with Crippen molar-refractivity contribution in [1.82, 2.24) is 14.8 Å². The number of nitrogens with one attached hydrogen (secondary N) is 1. The van der Waals surface area contributed by atoms with E-state index in [-0.39, 0.29) is 17.2 Å². The van der Waals surface area contributed by atoms with Gasteiger partial charge in [0.25, 0.3) is 0 Å². The number of para-hydroxylation sites is 1. The number of aromatic nitrogens is 3. The number of carbonyl (C=O) groups excluding carboxylic acids is 1. The third kappa shape index (κ3) is 3.42.